The van der Waals surface area contributed by atoms with Crippen LogP contribution in [0.15, 0.2) is 0 Å². The molecule has 1 saturated heterocycles. The van der Waals surface area contributed by atoms with Crippen molar-refractivity contribution >= 4 is 20.0 Å². The predicted molar refractivity (Wildman–Crippen MR) is 47.4 cm³/mol. The zero-order valence-corrected chi connectivity index (χ0v) is 9.56. The van der Waals surface area contributed by atoms with E-state index in [2.05, 4.69) is 0 Å². The van der Waals surface area contributed by atoms with E-state index in [0.717, 1.165) is 0 Å². The first-order chi connectivity index (χ1) is 7.11. The zero-order valence-electron chi connectivity index (χ0n) is 7.93. The van der Waals surface area contributed by atoms with Gasteiger partial charge in [-0.15, -0.1) is 0 Å². The molecule has 10 heteroatoms. The van der Waals surface area contributed by atoms with Gasteiger partial charge in [-0.05, 0) is 12.8 Å². The van der Waals surface area contributed by atoms with Crippen LogP contribution in [0.25, 0.3) is 0 Å². The van der Waals surface area contributed by atoms with Gasteiger partial charge in [-0.3, -0.25) is 0 Å². The number of sulfone groups is 1. The third-order valence-corrected chi connectivity index (χ3v) is 6.13. The summed E-state index contributed by atoms with van der Waals surface area (Å²) in [4.78, 5) is 0. The second-order valence-electron chi connectivity index (χ2n) is 3.27. The number of alkyl halides is 2. The Hall–Kier alpha value is -0.320. The van der Waals surface area contributed by atoms with Gasteiger partial charge in [0, 0.05) is 13.2 Å². The molecule has 1 rings (SSSR count). The van der Waals surface area contributed by atoms with E-state index in [1.54, 1.807) is 0 Å². The largest absolute Gasteiger partial charge is 0.743 e. The van der Waals surface area contributed by atoms with Crippen LogP contribution in [0.5, 0.6) is 0 Å². The molecular formula is C6H9F2O6S2-. The van der Waals surface area contributed by atoms with Crippen LogP contribution in [0, 0.1) is 0 Å². The first-order valence-electron chi connectivity index (χ1n) is 4.25. The molecule has 1 fully saturated rings. The van der Waals surface area contributed by atoms with Crippen molar-refractivity contribution in [1.29, 1.82) is 0 Å². The number of hydrogen-bond donors (Lipinski definition) is 0. The summed E-state index contributed by atoms with van der Waals surface area (Å²) >= 11 is 0. The average Bonchev–Trinajstić information content (AvgIpc) is 2.17. The van der Waals surface area contributed by atoms with Gasteiger partial charge < -0.3 is 9.29 Å². The fourth-order valence-corrected chi connectivity index (χ4v) is 4.07. The second-order valence-corrected chi connectivity index (χ2v) is 7.22. The van der Waals surface area contributed by atoms with Crippen LogP contribution in [0.1, 0.15) is 12.8 Å². The minimum absolute atomic E-state index is 0.0567. The standard InChI is InChI=1S/C6H10F2O6S2/c7-6(8,16(11,12)13)15(9,10)5-1-3-14-4-2-5/h5H,1-4H2,(H,11,12,13)/p-1. The molecule has 1 heterocycles. The van der Waals surface area contributed by atoms with Gasteiger partial charge in [0.05, 0.1) is 5.25 Å². The molecule has 0 aromatic rings. The Morgan fingerprint density at radius 1 is 1.12 bits per heavy atom. The predicted octanol–water partition coefficient (Wildman–Crippen LogP) is -0.324. The molecule has 0 aromatic carbocycles. The maximum absolute atomic E-state index is 13.0. The summed E-state index contributed by atoms with van der Waals surface area (Å²) in [6, 6.07) is 0. The average molecular weight is 279 g/mol. The minimum Gasteiger partial charge on any atom is -0.743 e. The zero-order chi connectivity index (χ0) is 12.6. The van der Waals surface area contributed by atoms with Gasteiger partial charge in [-0.1, -0.05) is 0 Å². The molecule has 0 radical (unpaired) electrons. The fourth-order valence-electron chi connectivity index (χ4n) is 1.32. The lowest BCUT2D eigenvalue weighted by Crippen LogP contribution is -2.45. The van der Waals surface area contributed by atoms with Crippen molar-refractivity contribution in [2.75, 3.05) is 13.2 Å². The lowest BCUT2D eigenvalue weighted by molar-refractivity contribution is 0.0946. The Morgan fingerprint density at radius 2 is 1.56 bits per heavy atom. The van der Waals surface area contributed by atoms with Crippen molar-refractivity contribution in [1.82, 2.24) is 0 Å². The third-order valence-electron chi connectivity index (χ3n) is 2.23. The lowest BCUT2D eigenvalue weighted by atomic mass is 10.2. The number of ether oxygens (including phenoxy) is 1. The van der Waals surface area contributed by atoms with Crippen LogP contribution in [0.3, 0.4) is 0 Å². The van der Waals surface area contributed by atoms with Crippen LogP contribution < -0.4 is 0 Å². The molecule has 0 aliphatic carbocycles. The molecule has 0 N–H and O–H groups in total. The van der Waals surface area contributed by atoms with Crippen LogP contribution in [-0.2, 0) is 24.7 Å². The van der Waals surface area contributed by atoms with Crippen molar-refractivity contribution in [2.24, 2.45) is 0 Å². The molecule has 0 spiro atoms. The summed E-state index contributed by atoms with van der Waals surface area (Å²) in [6.45, 7) is -0.113. The van der Waals surface area contributed by atoms with Gasteiger partial charge in [-0.25, -0.2) is 16.8 Å². The quantitative estimate of drug-likeness (QED) is 0.656. The van der Waals surface area contributed by atoms with Crippen molar-refractivity contribution < 1.29 is 34.9 Å². The second kappa shape index (κ2) is 4.17. The van der Waals surface area contributed by atoms with Crippen LogP contribution in [0.4, 0.5) is 8.78 Å². The Morgan fingerprint density at radius 3 is 1.94 bits per heavy atom. The molecule has 0 saturated carbocycles. The summed E-state index contributed by atoms with van der Waals surface area (Å²) in [5, 5.41) is -1.56. The van der Waals surface area contributed by atoms with E-state index in [-0.39, 0.29) is 26.1 Å². The van der Waals surface area contributed by atoms with E-state index in [9.17, 15) is 30.2 Å². The SMILES string of the molecule is O=S(=O)([O-])C(F)(F)S(=O)(=O)C1CCOCC1. The van der Waals surface area contributed by atoms with Crippen molar-refractivity contribution in [3.63, 3.8) is 0 Å². The van der Waals surface area contributed by atoms with E-state index < -0.39 is 29.8 Å². The van der Waals surface area contributed by atoms with E-state index >= 15 is 0 Å². The highest BCUT2D eigenvalue weighted by atomic mass is 32.3. The van der Waals surface area contributed by atoms with Gasteiger partial charge in [-0.2, -0.15) is 8.78 Å². The summed E-state index contributed by atoms with van der Waals surface area (Å²) in [5.74, 6) is 0. The van der Waals surface area contributed by atoms with E-state index in [4.69, 9.17) is 4.74 Å². The van der Waals surface area contributed by atoms with Gasteiger partial charge in [0.1, 0.15) is 0 Å². The Balaban J connectivity index is 3.10. The summed E-state index contributed by atoms with van der Waals surface area (Å²) in [7, 11) is -11.6. The smallest absolute Gasteiger partial charge is 0.433 e. The number of rotatable bonds is 3. The lowest BCUT2D eigenvalue weighted by Gasteiger charge is -2.27. The van der Waals surface area contributed by atoms with E-state index in [1.165, 1.54) is 0 Å². The maximum Gasteiger partial charge on any atom is 0.433 e. The highest BCUT2D eigenvalue weighted by molar-refractivity contribution is 8.07. The fraction of sp³-hybridized carbons (Fsp3) is 1.00. The van der Waals surface area contributed by atoms with Gasteiger partial charge in [0.25, 0.3) is 0 Å². The molecule has 0 amide bonds. The Labute approximate surface area is 91.3 Å². The highest BCUT2D eigenvalue weighted by Gasteiger charge is 2.55. The highest BCUT2D eigenvalue weighted by Crippen LogP contribution is 2.34. The minimum atomic E-state index is -6.22. The van der Waals surface area contributed by atoms with Crippen molar-refractivity contribution in [3.05, 3.63) is 0 Å². The molecule has 0 aromatic heterocycles. The van der Waals surface area contributed by atoms with Gasteiger partial charge in [0.15, 0.2) is 10.1 Å². The first kappa shape index (κ1) is 13.7. The molecular weight excluding hydrogens is 270 g/mol. The molecule has 1 aliphatic rings. The summed E-state index contributed by atoms with van der Waals surface area (Å²) in [5.41, 5.74) is 0. The van der Waals surface area contributed by atoms with Crippen LogP contribution >= 0.6 is 0 Å². The molecule has 0 bridgehead atoms. The van der Waals surface area contributed by atoms with Gasteiger partial charge >= 0.3 is 4.59 Å². The van der Waals surface area contributed by atoms with Crippen LogP contribution in [-0.4, -0.2) is 44.4 Å². The Kier molecular flexibility index (Phi) is 3.58. The van der Waals surface area contributed by atoms with Gasteiger partial charge in [0.2, 0.25) is 9.84 Å². The summed E-state index contributed by atoms with van der Waals surface area (Å²) in [6.07, 6.45) is -0.485. The molecule has 16 heavy (non-hydrogen) atoms. The number of halogens is 2. The molecule has 6 nitrogen and oxygen atoms in total. The molecule has 0 atom stereocenters. The summed E-state index contributed by atoms with van der Waals surface area (Å²) < 4.78 is 78.6. The molecule has 96 valence electrons. The monoisotopic (exact) mass is 279 g/mol. The first-order valence-corrected chi connectivity index (χ1v) is 7.20. The van der Waals surface area contributed by atoms with Crippen molar-refractivity contribution in [3.8, 4) is 0 Å². The van der Waals surface area contributed by atoms with Crippen LogP contribution in [0.2, 0.25) is 0 Å². The Bertz CT molecular complexity index is 447. The molecule has 1 aliphatic heterocycles. The third kappa shape index (κ3) is 2.19. The number of hydrogen-bond acceptors (Lipinski definition) is 6. The normalized spacial score (nSPS) is 20.9. The van der Waals surface area contributed by atoms with Crippen molar-refractivity contribution in [2.45, 2.75) is 22.7 Å². The molecule has 0 unspecified atom stereocenters. The topological polar surface area (TPSA) is 101 Å². The van der Waals surface area contributed by atoms with E-state index in [0.29, 0.717) is 0 Å². The van der Waals surface area contributed by atoms with E-state index in [1.807, 2.05) is 0 Å². The maximum atomic E-state index is 13.0.